The minimum atomic E-state index is 0.392. The van der Waals surface area contributed by atoms with Gasteiger partial charge < -0.3 is 10.5 Å². The largest absolute Gasteiger partial charge is 0.378 e. The average Bonchev–Trinajstić information content (AvgIpc) is 1.88. The van der Waals surface area contributed by atoms with Gasteiger partial charge in [-0.3, -0.25) is 0 Å². The minimum absolute atomic E-state index is 0.392. The second-order valence-corrected chi connectivity index (χ2v) is 2.69. The van der Waals surface area contributed by atoms with Crippen LogP contribution in [-0.4, -0.2) is 18.8 Å². The van der Waals surface area contributed by atoms with Gasteiger partial charge >= 0.3 is 0 Å². The summed E-state index contributed by atoms with van der Waals surface area (Å²) in [5.41, 5.74) is 5.72. The average molecular weight is 129 g/mol. The zero-order valence-electron chi connectivity index (χ0n) is 5.97. The molecule has 2 atom stereocenters. The number of ether oxygens (including phenoxy) is 1. The Morgan fingerprint density at radius 2 is 2.44 bits per heavy atom. The molecule has 54 valence electrons. The van der Waals surface area contributed by atoms with Gasteiger partial charge in [-0.15, -0.1) is 0 Å². The third kappa shape index (κ3) is 1.95. The number of nitrogens with two attached hydrogens (primary N) is 1. The second kappa shape index (κ2) is 3.18. The topological polar surface area (TPSA) is 35.2 Å². The van der Waals surface area contributed by atoms with E-state index in [0.717, 1.165) is 25.9 Å². The first kappa shape index (κ1) is 7.03. The molecule has 0 bridgehead atoms. The van der Waals surface area contributed by atoms with Gasteiger partial charge in [-0.25, -0.2) is 0 Å². The van der Waals surface area contributed by atoms with Gasteiger partial charge in [0.25, 0.3) is 0 Å². The third-order valence-corrected chi connectivity index (χ3v) is 1.86. The van der Waals surface area contributed by atoms with Gasteiger partial charge in [-0.2, -0.15) is 0 Å². The summed E-state index contributed by atoms with van der Waals surface area (Å²) in [6, 6.07) is 0.392. The lowest BCUT2D eigenvalue weighted by Crippen LogP contribution is -2.34. The molecule has 0 amide bonds. The van der Waals surface area contributed by atoms with Crippen molar-refractivity contribution in [1.82, 2.24) is 0 Å². The Kier molecular flexibility index (Phi) is 2.49. The van der Waals surface area contributed by atoms with Gasteiger partial charge in [-0.1, -0.05) is 6.92 Å². The molecule has 0 spiro atoms. The fraction of sp³-hybridized carbons (Fsp3) is 1.00. The molecule has 1 aliphatic heterocycles. The van der Waals surface area contributed by atoms with Crippen molar-refractivity contribution in [1.29, 1.82) is 0 Å². The summed E-state index contributed by atoms with van der Waals surface area (Å²) in [5, 5.41) is 0. The molecule has 0 aromatic rings. The molecular formula is C7H15NO. The molecule has 1 fully saturated rings. The van der Waals surface area contributed by atoms with E-state index in [9.17, 15) is 0 Å². The van der Waals surface area contributed by atoms with Crippen molar-refractivity contribution in [3.8, 4) is 0 Å². The van der Waals surface area contributed by atoms with E-state index in [-0.39, 0.29) is 0 Å². The van der Waals surface area contributed by atoms with Crippen LogP contribution in [0.3, 0.4) is 0 Å². The molecule has 2 N–H and O–H groups in total. The maximum absolute atomic E-state index is 5.72. The molecule has 1 saturated heterocycles. The Hall–Kier alpha value is -0.0800. The van der Waals surface area contributed by atoms with E-state index >= 15 is 0 Å². The predicted octanol–water partition coefficient (Wildman–Crippen LogP) is 0.903. The Morgan fingerprint density at radius 1 is 1.67 bits per heavy atom. The van der Waals surface area contributed by atoms with Crippen molar-refractivity contribution in [3.05, 3.63) is 0 Å². The maximum Gasteiger partial charge on any atom is 0.0587 e. The van der Waals surface area contributed by atoms with Crippen LogP contribution >= 0.6 is 0 Å². The summed E-state index contributed by atoms with van der Waals surface area (Å²) in [5.74, 6) is 0. The van der Waals surface area contributed by atoms with E-state index in [1.54, 1.807) is 0 Å². The van der Waals surface area contributed by atoms with E-state index in [0.29, 0.717) is 12.1 Å². The summed E-state index contributed by atoms with van der Waals surface area (Å²) < 4.78 is 5.42. The first-order chi connectivity index (χ1) is 4.33. The standard InChI is InChI=1S/C7H15NO/c1-2-7-5-6(8)3-4-9-7/h6-7H,2-5,8H2,1H3/t6-,7-/m1/s1. The van der Waals surface area contributed by atoms with Crippen LogP contribution in [0.1, 0.15) is 26.2 Å². The molecule has 2 heteroatoms. The predicted molar refractivity (Wildman–Crippen MR) is 37.2 cm³/mol. The van der Waals surface area contributed by atoms with Crippen LogP contribution < -0.4 is 5.73 Å². The highest BCUT2D eigenvalue weighted by atomic mass is 16.5. The fourth-order valence-electron chi connectivity index (χ4n) is 1.19. The number of hydrogen-bond donors (Lipinski definition) is 1. The van der Waals surface area contributed by atoms with Gasteiger partial charge in [0.2, 0.25) is 0 Å². The summed E-state index contributed by atoms with van der Waals surface area (Å²) >= 11 is 0. The first-order valence-corrected chi connectivity index (χ1v) is 3.70. The zero-order valence-corrected chi connectivity index (χ0v) is 5.97. The van der Waals surface area contributed by atoms with Crippen LogP contribution in [0.4, 0.5) is 0 Å². The van der Waals surface area contributed by atoms with E-state index in [1.165, 1.54) is 0 Å². The zero-order chi connectivity index (χ0) is 6.69. The molecule has 0 radical (unpaired) electrons. The van der Waals surface area contributed by atoms with Crippen molar-refractivity contribution in [2.75, 3.05) is 6.61 Å². The van der Waals surface area contributed by atoms with Gasteiger partial charge in [-0.05, 0) is 19.3 Å². The molecule has 2 nitrogen and oxygen atoms in total. The summed E-state index contributed by atoms with van der Waals surface area (Å²) in [4.78, 5) is 0. The molecule has 1 aliphatic rings. The van der Waals surface area contributed by atoms with Gasteiger partial charge in [0, 0.05) is 12.6 Å². The van der Waals surface area contributed by atoms with Crippen LogP contribution in [0.2, 0.25) is 0 Å². The molecule has 9 heavy (non-hydrogen) atoms. The molecule has 0 aromatic carbocycles. The molecule has 0 aromatic heterocycles. The normalized spacial score (nSPS) is 36.7. The van der Waals surface area contributed by atoms with Crippen LogP contribution in [-0.2, 0) is 4.74 Å². The Balaban J connectivity index is 2.23. The van der Waals surface area contributed by atoms with Crippen molar-refractivity contribution >= 4 is 0 Å². The van der Waals surface area contributed by atoms with Gasteiger partial charge in [0.1, 0.15) is 0 Å². The molecule has 0 aliphatic carbocycles. The number of rotatable bonds is 1. The monoisotopic (exact) mass is 129 g/mol. The van der Waals surface area contributed by atoms with Crippen molar-refractivity contribution in [2.45, 2.75) is 38.3 Å². The van der Waals surface area contributed by atoms with Crippen LogP contribution in [0, 0.1) is 0 Å². The lowest BCUT2D eigenvalue weighted by molar-refractivity contribution is 0.00622. The van der Waals surface area contributed by atoms with Crippen LogP contribution in [0.25, 0.3) is 0 Å². The fourth-order valence-corrected chi connectivity index (χ4v) is 1.19. The smallest absolute Gasteiger partial charge is 0.0587 e. The Morgan fingerprint density at radius 3 is 2.89 bits per heavy atom. The second-order valence-electron chi connectivity index (χ2n) is 2.69. The minimum Gasteiger partial charge on any atom is -0.378 e. The van der Waals surface area contributed by atoms with Crippen molar-refractivity contribution in [3.63, 3.8) is 0 Å². The quantitative estimate of drug-likeness (QED) is 0.571. The molecule has 0 saturated carbocycles. The first-order valence-electron chi connectivity index (χ1n) is 3.70. The molecule has 0 unspecified atom stereocenters. The van der Waals surface area contributed by atoms with Crippen LogP contribution in [0.15, 0.2) is 0 Å². The molecule has 1 heterocycles. The molecular weight excluding hydrogens is 114 g/mol. The SMILES string of the molecule is CC[C@@H]1C[C@H](N)CCO1. The van der Waals surface area contributed by atoms with E-state index < -0.39 is 0 Å². The third-order valence-electron chi connectivity index (χ3n) is 1.86. The lowest BCUT2D eigenvalue weighted by Gasteiger charge is -2.25. The summed E-state index contributed by atoms with van der Waals surface area (Å²) in [7, 11) is 0. The maximum atomic E-state index is 5.72. The van der Waals surface area contributed by atoms with E-state index in [1.807, 2.05) is 0 Å². The highest BCUT2D eigenvalue weighted by molar-refractivity contribution is 4.71. The van der Waals surface area contributed by atoms with E-state index in [2.05, 4.69) is 6.92 Å². The lowest BCUT2D eigenvalue weighted by atomic mass is 10.0. The highest BCUT2D eigenvalue weighted by Gasteiger charge is 2.17. The van der Waals surface area contributed by atoms with E-state index in [4.69, 9.17) is 10.5 Å². The Bertz CT molecular complexity index is 85.0. The van der Waals surface area contributed by atoms with Crippen LogP contribution in [0.5, 0.6) is 0 Å². The number of hydrogen-bond acceptors (Lipinski definition) is 2. The van der Waals surface area contributed by atoms with Crippen molar-refractivity contribution < 1.29 is 4.74 Å². The molecule has 1 rings (SSSR count). The summed E-state index contributed by atoms with van der Waals surface area (Å²) in [6.07, 6.45) is 3.63. The highest BCUT2D eigenvalue weighted by Crippen LogP contribution is 2.13. The van der Waals surface area contributed by atoms with Crippen molar-refractivity contribution in [2.24, 2.45) is 5.73 Å². The van der Waals surface area contributed by atoms with Gasteiger partial charge in [0.05, 0.1) is 6.10 Å². The Labute approximate surface area is 56.4 Å². The van der Waals surface area contributed by atoms with Gasteiger partial charge in [0.15, 0.2) is 0 Å². The summed E-state index contributed by atoms with van der Waals surface area (Å²) in [6.45, 7) is 3.00.